The summed E-state index contributed by atoms with van der Waals surface area (Å²) < 4.78 is 32.0. The molecule has 1 aromatic carbocycles. The third-order valence-corrected chi connectivity index (χ3v) is 5.11. The molecule has 1 aliphatic rings. The number of anilines is 1. The molecule has 0 spiro atoms. The number of ether oxygens (including phenoxy) is 1. The van der Waals surface area contributed by atoms with Crippen molar-refractivity contribution in [3.8, 4) is 0 Å². The fraction of sp³-hybridized carbons (Fsp3) is 0.357. The lowest BCUT2D eigenvalue weighted by molar-refractivity contribution is -0.111. The molecule has 1 aliphatic heterocycles. The summed E-state index contributed by atoms with van der Waals surface area (Å²) in [7, 11) is -3.66. The Hall–Kier alpha value is -1.70. The van der Waals surface area contributed by atoms with Gasteiger partial charge in [0, 0.05) is 13.1 Å². The fourth-order valence-electron chi connectivity index (χ4n) is 2.06. The number of morpholine rings is 1. The second-order valence-corrected chi connectivity index (χ2v) is 6.62. The molecule has 1 aromatic rings. The molecule has 0 saturated carbocycles. The van der Waals surface area contributed by atoms with E-state index in [0.717, 1.165) is 11.6 Å². The first kappa shape index (κ1) is 15.7. The van der Waals surface area contributed by atoms with E-state index >= 15 is 0 Å². The second kappa shape index (κ2) is 6.38. The van der Waals surface area contributed by atoms with Crippen LogP contribution in [-0.4, -0.2) is 44.9 Å². The number of amides is 1. The van der Waals surface area contributed by atoms with Gasteiger partial charge in [0.05, 0.1) is 18.9 Å². The maximum Gasteiger partial charge on any atom is 0.247 e. The molecule has 1 N–H and O–H groups in total. The minimum atomic E-state index is -3.66. The Morgan fingerprint density at radius 3 is 2.67 bits per heavy atom. The molecule has 0 atom stereocenters. The summed E-state index contributed by atoms with van der Waals surface area (Å²) in [6.07, 6.45) is 1.10. The Morgan fingerprint density at radius 1 is 1.38 bits per heavy atom. The molecular weight excluding hydrogens is 292 g/mol. The van der Waals surface area contributed by atoms with Crippen LogP contribution in [0.4, 0.5) is 5.69 Å². The zero-order valence-electron chi connectivity index (χ0n) is 11.8. The average Bonchev–Trinajstić information content (AvgIpc) is 2.49. The van der Waals surface area contributed by atoms with Gasteiger partial charge in [-0.2, -0.15) is 4.31 Å². The lowest BCUT2D eigenvalue weighted by Crippen LogP contribution is -2.40. The highest BCUT2D eigenvalue weighted by molar-refractivity contribution is 7.89. The Labute approximate surface area is 124 Å². The van der Waals surface area contributed by atoms with E-state index in [1.807, 2.05) is 0 Å². The highest BCUT2D eigenvalue weighted by atomic mass is 32.2. The highest BCUT2D eigenvalue weighted by Crippen LogP contribution is 2.26. The zero-order chi connectivity index (χ0) is 15.5. The van der Waals surface area contributed by atoms with Gasteiger partial charge < -0.3 is 10.1 Å². The SMILES string of the molecule is C=CC(=O)Nc1ccc(C)cc1S(=O)(=O)N1CCOCC1. The van der Waals surface area contributed by atoms with Crippen molar-refractivity contribution in [2.24, 2.45) is 0 Å². The average molecular weight is 310 g/mol. The summed E-state index contributed by atoms with van der Waals surface area (Å²) >= 11 is 0. The van der Waals surface area contributed by atoms with Crippen molar-refractivity contribution in [2.75, 3.05) is 31.6 Å². The van der Waals surface area contributed by atoms with Crippen LogP contribution in [0.15, 0.2) is 35.7 Å². The second-order valence-electron chi connectivity index (χ2n) is 4.71. The van der Waals surface area contributed by atoms with E-state index in [9.17, 15) is 13.2 Å². The summed E-state index contributed by atoms with van der Waals surface area (Å²) in [6, 6.07) is 4.89. The molecule has 0 radical (unpaired) electrons. The molecule has 2 rings (SSSR count). The number of sulfonamides is 1. The number of nitrogens with one attached hydrogen (secondary N) is 1. The largest absolute Gasteiger partial charge is 0.379 e. The molecule has 7 heteroatoms. The van der Waals surface area contributed by atoms with Crippen molar-refractivity contribution >= 4 is 21.6 Å². The number of carbonyl (C=O) groups is 1. The Kier molecular flexibility index (Phi) is 4.76. The molecule has 0 bridgehead atoms. The van der Waals surface area contributed by atoms with Gasteiger partial charge in [-0.05, 0) is 30.7 Å². The van der Waals surface area contributed by atoms with Crippen LogP contribution in [0, 0.1) is 6.92 Å². The quantitative estimate of drug-likeness (QED) is 0.846. The first-order valence-electron chi connectivity index (χ1n) is 6.57. The minimum absolute atomic E-state index is 0.0969. The predicted octanol–water partition coefficient (Wildman–Crippen LogP) is 1.14. The Morgan fingerprint density at radius 2 is 2.05 bits per heavy atom. The first-order chi connectivity index (χ1) is 9.95. The molecule has 1 amide bonds. The van der Waals surface area contributed by atoms with Crippen LogP contribution >= 0.6 is 0 Å². The van der Waals surface area contributed by atoms with E-state index in [1.165, 1.54) is 4.31 Å². The van der Waals surface area contributed by atoms with Crippen LogP contribution in [0.5, 0.6) is 0 Å². The number of carbonyl (C=O) groups excluding carboxylic acids is 1. The van der Waals surface area contributed by atoms with Gasteiger partial charge >= 0.3 is 0 Å². The number of rotatable bonds is 4. The van der Waals surface area contributed by atoms with E-state index in [1.54, 1.807) is 25.1 Å². The van der Waals surface area contributed by atoms with E-state index in [2.05, 4.69) is 11.9 Å². The molecule has 1 saturated heterocycles. The van der Waals surface area contributed by atoms with E-state index in [-0.39, 0.29) is 10.6 Å². The van der Waals surface area contributed by atoms with Gasteiger partial charge in [0.15, 0.2) is 0 Å². The first-order valence-corrected chi connectivity index (χ1v) is 8.01. The lowest BCUT2D eigenvalue weighted by Gasteiger charge is -2.27. The van der Waals surface area contributed by atoms with Gasteiger partial charge in [-0.25, -0.2) is 8.42 Å². The fourth-order valence-corrected chi connectivity index (χ4v) is 3.70. The van der Waals surface area contributed by atoms with Gasteiger partial charge in [-0.15, -0.1) is 0 Å². The van der Waals surface area contributed by atoms with Crippen molar-refractivity contribution in [1.29, 1.82) is 0 Å². The number of hydrogen-bond donors (Lipinski definition) is 1. The maximum atomic E-state index is 12.7. The molecule has 0 aromatic heterocycles. The third-order valence-electron chi connectivity index (χ3n) is 3.17. The van der Waals surface area contributed by atoms with Crippen LogP contribution in [0.3, 0.4) is 0 Å². The monoisotopic (exact) mass is 310 g/mol. The summed E-state index contributed by atoms with van der Waals surface area (Å²) in [4.78, 5) is 11.6. The molecule has 1 fully saturated rings. The van der Waals surface area contributed by atoms with E-state index < -0.39 is 15.9 Å². The van der Waals surface area contributed by atoms with Gasteiger partial charge in [-0.1, -0.05) is 12.6 Å². The van der Waals surface area contributed by atoms with E-state index in [4.69, 9.17) is 4.74 Å². The van der Waals surface area contributed by atoms with Crippen LogP contribution in [-0.2, 0) is 19.6 Å². The summed E-state index contributed by atoms with van der Waals surface area (Å²) in [5, 5.41) is 2.54. The standard InChI is InChI=1S/C14H18N2O4S/c1-3-14(17)15-12-5-4-11(2)10-13(12)21(18,19)16-6-8-20-9-7-16/h3-5,10H,1,6-9H2,2H3,(H,15,17). The van der Waals surface area contributed by atoms with Crippen molar-refractivity contribution in [3.05, 3.63) is 36.4 Å². The minimum Gasteiger partial charge on any atom is -0.379 e. The summed E-state index contributed by atoms with van der Waals surface area (Å²) in [5.74, 6) is -0.447. The lowest BCUT2D eigenvalue weighted by atomic mass is 10.2. The molecule has 0 aliphatic carbocycles. The van der Waals surface area contributed by atoms with Gasteiger partial charge in [0.1, 0.15) is 4.90 Å². The molecule has 1 heterocycles. The van der Waals surface area contributed by atoms with Crippen LogP contribution < -0.4 is 5.32 Å². The normalized spacial score (nSPS) is 16.4. The summed E-state index contributed by atoms with van der Waals surface area (Å²) in [5.41, 5.74) is 1.07. The molecule has 6 nitrogen and oxygen atoms in total. The molecule has 114 valence electrons. The highest BCUT2D eigenvalue weighted by Gasteiger charge is 2.29. The number of benzene rings is 1. The zero-order valence-corrected chi connectivity index (χ0v) is 12.6. The Bertz CT molecular complexity index is 649. The molecule has 21 heavy (non-hydrogen) atoms. The smallest absolute Gasteiger partial charge is 0.247 e. The molecule has 0 unspecified atom stereocenters. The Balaban J connectivity index is 2.42. The van der Waals surface area contributed by atoms with Gasteiger partial charge in [0.2, 0.25) is 15.9 Å². The van der Waals surface area contributed by atoms with Gasteiger partial charge in [0.25, 0.3) is 0 Å². The summed E-state index contributed by atoms with van der Waals surface area (Å²) in [6.45, 7) is 6.54. The topological polar surface area (TPSA) is 75.7 Å². The number of aryl methyl sites for hydroxylation is 1. The van der Waals surface area contributed by atoms with Crippen LogP contribution in [0.1, 0.15) is 5.56 Å². The van der Waals surface area contributed by atoms with Crippen molar-refractivity contribution in [2.45, 2.75) is 11.8 Å². The van der Waals surface area contributed by atoms with Crippen molar-refractivity contribution in [1.82, 2.24) is 4.31 Å². The van der Waals surface area contributed by atoms with Crippen LogP contribution in [0.25, 0.3) is 0 Å². The number of nitrogens with zero attached hydrogens (tertiary/aromatic N) is 1. The van der Waals surface area contributed by atoms with Crippen molar-refractivity contribution < 1.29 is 17.9 Å². The molecular formula is C14H18N2O4S. The predicted molar refractivity (Wildman–Crippen MR) is 79.6 cm³/mol. The number of hydrogen-bond acceptors (Lipinski definition) is 4. The van der Waals surface area contributed by atoms with Gasteiger partial charge in [-0.3, -0.25) is 4.79 Å². The third kappa shape index (κ3) is 3.49. The van der Waals surface area contributed by atoms with Crippen LogP contribution in [0.2, 0.25) is 0 Å². The van der Waals surface area contributed by atoms with E-state index in [0.29, 0.717) is 26.3 Å². The van der Waals surface area contributed by atoms with Crippen molar-refractivity contribution in [3.63, 3.8) is 0 Å². The maximum absolute atomic E-state index is 12.7.